The molecule has 0 aliphatic heterocycles. The Morgan fingerprint density at radius 2 is 1.88 bits per heavy atom. The average molecular weight is 235 g/mol. The van der Waals surface area contributed by atoms with Crippen LogP contribution < -0.4 is 5.73 Å². The second-order valence-electron chi connectivity index (χ2n) is 4.60. The molecule has 0 bridgehead atoms. The van der Waals surface area contributed by atoms with Gasteiger partial charge in [0.1, 0.15) is 5.41 Å². The molecule has 92 valence electrons. The molecule has 3 N–H and O–H groups in total. The zero-order valence-corrected chi connectivity index (χ0v) is 10.3. The summed E-state index contributed by atoms with van der Waals surface area (Å²) in [5.74, 6) is -2.01. The summed E-state index contributed by atoms with van der Waals surface area (Å²) in [5, 5.41) is 9.09. The van der Waals surface area contributed by atoms with E-state index in [1.807, 2.05) is 32.0 Å². The van der Waals surface area contributed by atoms with Gasteiger partial charge >= 0.3 is 5.97 Å². The quantitative estimate of drug-likeness (QED) is 0.774. The first kappa shape index (κ1) is 13.2. The van der Waals surface area contributed by atoms with E-state index in [0.29, 0.717) is 0 Å². The van der Waals surface area contributed by atoms with Crippen molar-refractivity contribution in [1.29, 1.82) is 0 Å². The molecule has 1 rings (SSSR count). The highest BCUT2D eigenvalue weighted by Gasteiger charge is 2.39. The number of aliphatic carboxylic acids is 1. The van der Waals surface area contributed by atoms with Crippen LogP contribution in [0.5, 0.6) is 0 Å². The number of aryl methyl sites for hydroxylation is 2. The van der Waals surface area contributed by atoms with Crippen molar-refractivity contribution in [3.8, 4) is 0 Å². The van der Waals surface area contributed by atoms with Gasteiger partial charge in [0.2, 0.25) is 5.91 Å². The number of hydrogen-bond donors (Lipinski definition) is 2. The van der Waals surface area contributed by atoms with Crippen LogP contribution in [0.1, 0.15) is 23.6 Å². The van der Waals surface area contributed by atoms with Gasteiger partial charge in [0, 0.05) is 0 Å². The van der Waals surface area contributed by atoms with Crippen LogP contribution in [0.25, 0.3) is 0 Å². The van der Waals surface area contributed by atoms with Crippen LogP contribution in [0, 0.1) is 19.3 Å². The van der Waals surface area contributed by atoms with E-state index in [0.717, 1.165) is 16.7 Å². The first-order valence-corrected chi connectivity index (χ1v) is 5.37. The maximum atomic E-state index is 11.3. The SMILES string of the molecule is Cc1ccc(CC(C)(C(N)=O)C(=O)O)cc1C. The number of primary amides is 1. The molecule has 0 saturated carbocycles. The molecule has 1 aromatic rings. The maximum absolute atomic E-state index is 11.3. The van der Waals surface area contributed by atoms with Crippen molar-refractivity contribution < 1.29 is 14.7 Å². The third-order valence-electron chi connectivity index (χ3n) is 3.14. The number of carboxylic acids is 1. The fourth-order valence-corrected chi connectivity index (χ4v) is 1.59. The van der Waals surface area contributed by atoms with Gasteiger partial charge in [-0.05, 0) is 43.9 Å². The van der Waals surface area contributed by atoms with Crippen molar-refractivity contribution in [3.05, 3.63) is 34.9 Å². The van der Waals surface area contributed by atoms with Gasteiger partial charge in [-0.15, -0.1) is 0 Å². The fraction of sp³-hybridized carbons (Fsp3) is 0.385. The van der Waals surface area contributed by atoms with Crippen molar-refractivity contribution in [3.63, 3.8) is 0 Å². The molecule has 17 heavy (non-hydrogen) atoms. The summed E-state index contributed by atoms with van der Waals surface area (Å²) in [6.07, 6.45) is 0.110. The summed E-state index contributed by atoms with van der Waals surface area (Å²) in [7, 11) is 0. The molecule has 0 saturated heterocycles. The Morgan fingerprint density at radius 1 is 1.29 bits per heavy atom. The number of nitrogens with two attached hydrogens (primary N) is 1. The molecule has 0 spiro atoms. The van der Waals surface area contributed by atoms with Gasteiger partial charge in [0.15, 0.2) is 0 Å². The second kappa shape index (κ2) is 4.57. The van der Waals surface area contributed by atoms with Gasteiger partial charge < -0.3 is 10.8 Å². The predicted octanol–water partition coefficient (Wildman–Crippen LogP) is 1.42. The van der Waals surface area contributed by atoms with E-state index in [1.165, 1.54) is 6.92 Å². The Bertz CT molecular complexity index is 452. The van der Waals surface area contributed by atoms with Crippen LogP contribution in [0.4, 0.5) is 0 Å². The molecular weight excluding hydrogens is 218 g/mol. The minimum atomic E-state index is -1.55. The summed E-state index contributed by atoms with van der Waals surface area (Å²) >= 11 is 0. The van der Waals surface area contributed by atoms with E-state index >= 15 is 0 Å². The van der Waals surface area contributed by atoms with Crippen LogP contribution in [0.3, 0.4) is 0 Å². The summed E-state index contributed by atoms with van der Waals surface area (Å²) < 4.78 is 0. The van der Waals surface area contributed by atoms with Crippen molar-refractivity contribution >= 4 is 11.9 Å². The molecule has 0 aliphatic carbocycles. The van der Waals surface area contributed by atoms with Crippen molar-refractivity contribution in [2.45, 2.75) is 27.2 Å². The zero-order valence-electron chi connectivity index (χ0n) is 10.3. The second-order valence-corrected chi connectivity index (χ2v) is 4.60. The molecule has 1 unspecified atom stereocenters. The minimum absolute atomic E-state index is 0.110. The molecule has 0 fully saturated rings. The number of hydrogen-bond acceptors (Lipinski definition) is 2. The predicted molar refractivity (Wildman–Crippen MR) is 64.6 cm³/mol. The Balaban J connectivity index is 3.07. The third kappa shape index (κ3) is 2.64. The standard InChI is InChI=1S/C13H17NO3/c1-8-4-5-10(6-9(8)2)7-13(3,11(14)15)12(16)17/h4-6H,7H2,1-3H3,(H2,14,15)(H,16,17). The first-order chi connectivity index (χ1) is 7.77. The Hall–Kier alpha value is -1.84. The number of carboxylic acid groups (broad SMARTS) is 1. The maximum Gasteiger partial charge on any atom is 0.319 e. The van der Waals surface area contributed by atoms with Gasteiger partial charge in [0.05, 0.1) is 0 Å². The number of rotatable bonds is 4. The smallest absolute Gasteiger partial charge is 0.319 e. The lowest BCUT2D eigenvalue weighted by Gasteiger charge is -2.21. The summed E-state index contributed by atoms with van der Waals surface area (Å²) in [4.78, 5) is 22.4. The molecular formula is C13H17NO3. The van der Waals surface area contributed by atoms with E-state index in [9.17, 15) is 9.59 Å². The summed E-state index contributed by atoms with van der Waals surface area (Å²) in [6.45, 7) is 5.28. The van der Waals surface area contributed by atoms with Crippen LogP contribution in [0.2, 0.25) is 0 Å². The van der Waals surface area contributed by atoms with Gasteiger partial charge in [-0.2, -0.15) is 0 Å². The van der Waals surface area contributed by atoms with E-state index in [-0.39, 0.29) is 6.42 Å². The van der Waals surface area contributed by atoms with Gasteiger partial charge in [-0.3, -0.25) is 9.59 Å². The Morgan fingerprint density at radius 3 is 2.29 bits per heavy atom. The topological polar surface area (TPSA) is 80.4 Å². The number of carbonyl (C=O) groups excluding carboxylic acids is 1. The number of carbonyl (C=O) groups is 2. The lowest BCUT2D eigenvalue weighted by molar-refractivity contribution is -0.153. The van der Waals surface area contributed by atoms with E-state index in [1.54, 1.807) is 0 Å². The molecule has 1 aromatic carbocycles. The zero-order chi connectivity index (χ0) is 13.2. The van der Waals surface area contributed by atoms with E-state index < -0.39 is 17.3 Å². The van der Waals surface area contributed by atoms with Crippen LogP contribution in [-0.4, -0.2) is 17.0 Å². The molecule has 1 amide bonds. The van der Waals surface area contributed by atoms with Crippen molar-refractivity contribution in [2.24, 2.45) is 11.1 Å². The highest BCUT2D eigenvalue weighted by molar-refractivity contribution is 6.00. The van der Waals surface area contributed by atoms with Gasteiger partial charge in [0.25, 0.3) is 0 Å². The molecule has 4 nitrogen and oxygen atoms in total. The molecule has 4 heteroatoms. The average Bonchev–Trinajstić information content (AvgIpc) is 2.22. The number of benzene rings is 1. The lowest BCUT2D eigenvalue weighted by atomic mass is 9.82. The molecule has 1 atom stereocenters. The molecule has 0 heterocycles. The Labute approximate surface area is 100 Å². The molecule has 0 aliphatic rings. The van der Waals surface area contributed by atoms with Gasteiger partial charge in [-0.25, -0.2) is 0 Å². The summed E-state index contributed by atoms with van der Waals surface area (Å²) in [6, 6.07) is 5.62. The van der Waals surface area contributed by atoms with Gasteiger partial charge in [-0.1, -0.05) is 18.2 Å². The monoisotopic (exact) mass is 235 g/mol. The third-order valence-corrected chi connectivity index (χ3v) is 3.14. The molecule has 0 radical (unpaired) electrons. The fourth-order valence-electron chi connectivity index (χ4n) is 1.59. The first-order valence-electron chi connectivity index (χ1n) is 5.37. The van der Waals surface area contributed by atoms with Crippen molar-refractivity contribution in [1.82, 2.24) is 0 Å². The van der Waals surface area contributed by atoms with Crippen molar-refractivity contribution in [2.75, 3.05) is 0 Å². The highest BCUT2D eigenvalue weighted by Crippen LogP contribution is 2.24. The minimum Gasteiger partial charge on any atom is -0.480 e. The van der Waals surface area contributed by atoms with E-state index in [2.05, 4.69) is 0 Å². The van der Waals surface area contributed by atoms with Crippen LogP contribution in [-0.2, 0) is 16.0 Å². The molecule has 0 aromatic heterocycles. The lowest BCUT2D eigenvalue weighted by Crippen LogP contribution is -2.43. The Kier molecular flexibility index (Phi) is 3.56. The largest absolute Gasteiger partial charge is 0.480 e. The van der Waals surface area contributed by atoms with Crippen LogP contribution in [0.15, 0.2) is 18.2 Å². The van der Waals surface area contributed by atoms with E-state index in [4.69, 9.17) is 10.8 Å². The van der Waals surface area contributed by atoms with Crippen LogP contribution >= 0.6 is 0 Å². The normalized spacial score (nSPS) is 14.1. The number of amides is 1. The highest BCUT2D eigenvalue weighted by atomic mass is 16.4. The summed E-state index contributed by atoms with van der Waals surface area (Å²) in [5.41, 5.74) is 6.62.